The van der Waals surface area contributed by atoms with Gasteiger partial charge in [-0.15, -0.1) is 0 Å². The molecular formula is C38H55N6O6P. The number of carbonyl (C=O) groups is 1. The highest BCUT2D eigenvalue weighted by Gasteiger charge is 2.40. The van der Waals surface area contributed by atoms with Crippen LogP contribution in [-0.4, -0.2) is 63.1 Å². The number of anilines is 1. The number of aliphatic hydroxyl groups is 1. The molecule has 51 heavy (non-hydrogen) atoms. The van der Waals surface area contributed by atoms with E-state index in [0.29, 0.717) is 31.4 Å². The molecule has 5 N–H and O–H groups in total. The van der Waals surface area contributed by atoms with Crippen LogP contribution in [0.3, 0.4) is 0 Å². The highest BCUT2D eigenvalue weighted by atomic mass is 31.2. The van der Waals surface area contributed by atoms with E-state index >= 15 is 0 Å². The first-order valence-electron chi connectivity index (χ1n) is 17.7. The van der Waals surface area contributed by atoms with Crippen molar-refractivity contribution in [2.24, 2.45) is 5.92 Å². The first-order chi connectivity index (χ1) is 24.7. The van der Waals surface area contributed by atoms with Gasteiger partial charge in [0.25, 0.3) is 5.56 Å². The van der Waals surface area contributed by atoms with Crippen molar-refractivity contribution >= 4 is 30.6 Å². The Morgan fingerprint density at radius 1 is 1.06 bits per heavy atom. The van der Waals surface area contributed by atoms with Gasteiger partial charge in [-0.2, -0.15) is 4.98 Å². The number of rotatable bonds is 23. The molecule has 0 spiro atoms. The first-order valence-corrected chi connectivity index (χ1v) is 19.5. The van der Waals surface area contributed by atoms with Gasteiger partial charge < -0.3 is 29.8 Å². The smallest absolute Gasteiger partial charge is 0.330 e. The fraction of sp³-hybridized carbons (Fsp3) is 0.474. The average molecular weight is 723 g/mol. The number of hydrogen-bond donors (Lipinski definition) is 4. The maximum absolute atomic E-state index is 13.2. The Morgan fingerprint density at radius 3 is 2.24 bits per heavy atom. The van der Waals surface area contributed by atoms with Gasteiger partial charge in [0.2, 0.25) is 11.9 Å². The van der Waals surface area contributed by atoms with Gasteiger partial charge in [0.1, 0.15) is 0 Å². The Kier molecular flexibility index (Phi) is 18.4. The summed E-state index contributed by atoms with van der Waals surface area (Å²) >= 11 is 0. The summed E-state index contributed by atoms with van der Waals surface area (Å²) in [5.74, 6) is -0.645. The van der Waals surface area contributed by atoms with E-state index in [2.05, 4.69) is 101 Å². The lowest BCUT2D eigenvalue weighted by Gasteiger charge is -2.22. The molecule has 1 aliphatic carbocycles. The predicted molar refractivity (Wildman–Crippen MR) is 205 cm³/mol. The van der Waals surface area contributed by atoms with Gasteiger partial charge in [-0.3, -0.25) is 19.1 Å². The van der Waals surface area contributed by atoms with Gasteiger partial charge in [-0.1, -0.05) is 86.4 Å². The number of nitrogens with zero attached hydrogens (tertiary/aromatic N) is 3. The summed E-state index contributed by atoms with van der Waals surface area (Å²) in [6, 6.07) is -0.405. The molecule has 0 radical (unpaired) electrons. The lowest BCUT2D eigenvalue weighted by atomic mass is 10.0. The number of imidazole rings is 1. The Bertz CT molecular complexity index is 1690. The standard InChI is InChI=1S/C38H55N6O6P/c1-4-5-6-7-8-9-10-11-12-13-14-15-16-17-18-19-20-21-22-24-34(46)40-25-23-26-51(48,49-3)50-28-31-30(2)32(27-33(31)45)44-29-41-35-36(44)42-38(39)43-37(35)47/h5-6,8-9,11-12,14-15,17-18,20-21,29,31-33,45H,2,4,7,10,13,16,19,22-28H2,1,3H3,(H,40,46)(H3,39,42,43,47)/b6-5-,9-8-,12-11-,15-14-,18-17-,21-20-/t31-,32?,33-,51?/m0/s1. The van der Waals surface area contributed by atoms with Crippen molar-refractivity contribution in [3.8, 4) is 0 Å². The minimum absolute atomic E-state index is 0.0413. The molecule has 278 valence electrons. The summed E-state index contributed by atoms with van der Waals surface area (Å²) in [5, 5.41) is 13.7. The van der Waals surface area contributed by atoms with Crippen LogP contribution in [0, 0.1) is 5.92 Å². The number of nitrogens with two attached hydrogens (primary N) is 1. The fourth-order valence-electron chi connectivity index (χ4n) is 5.57. The van der Waals surface area contributed by atoms with E-state index in [4.69, 9.17) is 14.8 Å². The van der Waals surface area contributed by atoms with Crippen LogP contribution in [0.5, 0.6) is 0 Å². The number of nitrogens with one attached hydrogen (secondary N) is 2. The summed E-state index contributed by atoms with van der Waals surface area (Å²) in [4.78, 5) is 35.2. The number of H-pyrrole nitrogens is 1. The van der Waals surface area contributed by atoms with E-state index in [1.165, 1.54) is 13.4 Å². The number of fused-ring (bicyclic) bond motifs is 1. The quantitative estimate of drug-likeness (QED) is 0.0534. The molecule has 12 nitrogen and oxygen atoms in total. The molecule has 13 heteroatoms. The van der Waals surface area contributed by atoms with Crippen LogP contribution in [0.25, 0.3) is 11.2 Å². The highest BCUT2D eigenvalue weighted by Crippen LogP contribution is 2.50. The summed E-state index contributed by atoms with van der Waals surface area (Å²) in [7, 11) is -2.16. The Balaban J connectivity index is 1.26. The topological polar surface area (TPSA) is 174 Å². The molecule has 3 rings (SSSR count). The lowest BCUT2D eigenvalue weighted by molar-refractivity contribution is -0.121. The van der Waals surface area contributed by atoms with Crippen molar-refractivity contribution in [2.45, 2.75) is 83.3 Å². The number of aromatic nitrogens is 4. The van der Waals surface area contributed by atoms with Gasteiger partial charge in [0.05, 0.1) is 31.2 Å². The van der Waals surface area contributed by atoms with Crippen LogP contribution in [0.4, 0.5) is 5.95 Å². The second-order valence-corrected chi connectivity index (χ2v) is 14.5. The van der Waals surface area contributed by atoms with E-state index in [-0.39, 0.29) is 42.2 Å². The Hall–Kier alpha value is -4.09. The maximum Gasteiger partial charge on any atom is 0.330 e. The Morgan fingerprint density at radius 2 is 1.65 bits per heavy atom. The van der Waals surface area contributed by atoms with Gasteiger partial charge >= 0.3 is 7.60 Å². The summed E-state index contributed by atoms with van der Waals surface area (Å²) < 4.78 is 25.9. The lowest BCUT2D eigenvalue weighted by Crippen LogP contribution is -2.25. The van der Waals surface area contributed by atoms with E-state index in [0.717, 1.165) is 38.5 Å². The minimum atomic E-state index is -3.48. The molecule has 2 aromatic rings. The Labute approximate surface area is 301 Å². The van der Waals surface area contributed by atoms with Gasteiger partial charge in [0.15, 0.2) is 11.2 Å². The van der Waals surface area contributed by atoms with Crippen molar-refractivity contribution in [3.05, 3.63) is 102 Å². The molecule has 1 amide bonds. The third-order valence-corrected chi connectivity index (χ3v) is 10.4. The third kappa shape index (κ3) is 14.2. The van der Waals surface area contributed by atoms with Crippen LogP contribution >= 0.6 is 7.60 Å². The van der Waals surface area contributed by atoms with Gasteiger partial charge in [-0.25, -0.2) is 4.98 Å². The summed E-state index contributed by atoms with van der Waals surface area (Å²) in [6.45, 7) is 6.56. The SMILES string of the molecule is C=C1C(n2cnc3c(=O)[nH]c(N)nc32)C[C@H](O)[C@H]1COP(=O)(CCCNC(=O)CC/C=C\C/C=C\C/C=C\C/C=C\C/C=C\C/C=C\CC)OC. The molecule has 0 aliphatic heterocycles. The zero-order valence-electron chi connectivity index (χ0n) is 30.0. The minimum Gasteiger partial charge on any atom is -0.392 e. The molecule has 2 unspecified atom stereocenters. The molecule has 1 aliphatic rings. The molecule has 0 saturated heterocycles. The second-order valence-electron chi connectivity index (χ2n) is 12.2. The summed E-state index contributed by atoms with van der Waals surface area (Å²) in [6.07, 6.45) is 33.9. The monoisotopic (exact) mass is 722 g/mol. The number of allylic oxidation sites excluding steroid dienone is 12. The number of hydrogen-bond acceptors (Lipinski definition) is 9. The zero-order chi connectivity index (χ0) is 36.9. The first kappa shape index (κ1) is 41.3. The van der Waals surface area contributed by atoms with Crippen molar-refractivity contribution < 1.29 is 23.5 Å². The molecule has 1 fully saturated rings. The van der Waals surface area contributed by atoms with E-state index < -0.39 is 31.2 Å². The van der Waals surface area contributed by atoms with Crippen molar-refractivity contribution in [1.82, 2.24) is 24.8 Å². The molecule has 1 saturated carbocycles. The van der Waals surface area contributed by atoms with Crippen LogP contribution in [0.1, 0.15) is 77.2 Å². The average Bonchev–Trinajstić information content (AvgIpc) is 3.65. The highest BCUT2D eigenvalue weighted by molar-refractivity contribution is 7.53. The third-order valence-electron chi connectivity index (χ3n) is 8.41. The number of nitrogen functional groups attached to an aromatic ring is 1. The van der Waals surface area contributed by atoms with Gasteiger partial charge in [0, 0.05) is 26.0 Å². The van der Waals surface area contributed by atoms with E-state index in [1.807, 2.05) is 6.08 Å². The van der Waals surface area contributed by atoms with Crippen LogP contribution in [0.2, 0.25) is 0 Å². The van der Waals surface area contributed by atoms with Gasteiger partial charge in [-0.05, 0) is 63.4 Å². The molecule has 2 aromatic heterocycles. The second kappa shape index (κ2) is 22.7. The van der Waals surface area contributed by atoms with Crippen LogP contribution < -0.4 is 16.6 Å². The van der Waals surface area contributed by atoms with Crippen LogP contribution in [-0.2, 0) is 18.4 Å². The predicted octanol–water partition coefficient (Wildman–Crippen LogP) is 7.02. The number of aliphatic hydroxyl groups excluding tert-OH is 1. The van der Waals surface area contributed by atoms with E-state index in [1.54, 1.807) is 4.57 Å². The zero-order valence-corrected chi connectivity index (χ0v) is 30.9. The maximum atomic E-state index is 13.2. The normalized spacial score (nSPS) is 19.7. The van der Waals surface area contributed by atoms with E-state index in [9.17, 15) is 19.3 Å². The molecule has 0 aromatic carbocycles. The largest absolute Gasteiger partial charge is 0.392 e. The van der Waals surface area contributed by atoms with Crippen LogP contribution in [0.15, 0.2) is 96.2 Å². The number of aromatic amines is 1. The molecule has 2 heterocycles. The number of carbonyl (C=O) groups excluding carboxylic acids is 1. The summed E-state index contributed by atoms with van der Waals surface area (Å²) in [5.41, 5.74) is 6.32. The number of amides is 1. The van der Waals surface area contributed by atoms with Crippen molar-refractivity contribution in [3.63, 3.8) is 0 Å². The van der Waals surface area contributed by atoms with Crippen molar-refractivity contribution in [1.29, 1.82) is 0 Å². The fourth-order valence-corrected chi connectivity index (χ4v) is 6.92. The van der Waals surface area contributed by atoms with Crippen molar-refractivity contribution in [2.75, 3.05) is 32.2 Å². The molecule has 0 bridgehead atoms. The molecular weight excluding hydrogens is 667 g/mol. The molecule has 4 atom stereocenters.